The number of hydrogen-bond acceptors (Lipinski definition) is 6. The second kappa shape index (κ2) is 10.7. The molecular formula is C12H26O6. The van der Waals surface area contributed by atoms with Gasteiger partial charge in [0.1, 0.15) is 24.4 Å². The molecule has 0 saturated heterocycles. The first-order valence-electron chi connectivity index (χ1n) is 6.48. The third kappa shape index (κ3) is 7.25. The minimum Gasteiger partial charge on any atom is -0.394 e. The maximum Gasteiger partial charge on any atom is 0.111 e. The Kier molecular flexibility index (Phi) is 10.5. The predicted molar refractivity (Wildman–Crippen MR) is 65.9 cm³/mol. The Bertz CT molecular complexity index is 160. The molecule has 110 valence electrons. The number of aliphatic hydroxyl groups is 6. The van der Waals surface area contributed by atoms with Crippen LogP contribution in [-0.4, -0.2) is 68.3 Å². The monoisotopic (exact) mass is 266 g/mol. The molecule has 0 amide bonds. The van der Waals surface area contributed by atoms with Gasteiger partial charge in [0.05, 0.1) is 13.2 Å². The molecule has 0 aromatic rings. The van der Waals surface area contributed by atoms with Gasteiger partial charge in [-0.25, -0.2) is 0 Å². The van der Waals surface area contributed by atoms with Crippen molar-refractivity contribution in [2.45, 2.75) is 62.9 Å². The lowest BCUT2D eigenvalue weighted by Crippen LogP contribution is -2.46. The number of hydrogen-bond donors (Lipinski definition) is 6. The Morgan fingerprint density at radius 1 is 0.556 bits per heavy atom. The summed E-state index contributed by atoms with van der Waals surface area (Å²) in [5.41, 5.74) is 0. The van der Waals surface area contributed by atoms with E-state index in [1.165, 1.54) is 38.5 Å². The second-order valence-corrected chi connectivity index (χ2v) is 4.60. The largest absolute Gasteiger partial charge is 0.394 e. The number of aliphatic hydroxyl groups excluding tert-OH is 6. The highest BCUT2D eigenvalue weighted by Gasteiger charge is 2.29. The fraction of sp³-hybridized carbons (Fsp3) is 1.00. The highest BCUT2D eigenvalue weighted by Crippen LogP contribution is 2.15. The fourth-order valence-electron chi connectivity index (χ4n) is 1.73. The number of rotatable bonds is 5. The Labute approximate surface area is 108 Å². The van der Waals surface area contributed by atoms with E-state index in [1.54, 1.807) is 0 Å². The van der Waals surface area contributed by atoms with Gasteiger partial charge in [0.15, 0.2) is 0 Å². The van der Waals surface area contributed by atoms with Crippen molar-refractivity contribution in [3.8, 4) is 0 Å². The van der Waals surface area contributed by atoms with Crippen molar-refractivity contribution in [1.29, 1.82) is 0 Å². The van der Waals surface area contributed by atoms with E-state index in [2.05, 4.69) is 0 Å². The Morgan fingerprint density at radius 2 is 0.778 bits per heavy atom. The van der Waals surface area contributed by atoms with E-state index in [9.17, 15) is 0 Å². The minimum atomic E-state index is -1.67. The van der Waals surface area contributed by atoms with Crippen LogP contribution in [0.1, 0.15) is 38.5 Å². The van der Waals surface area contributed by atoms with E-state index in [1.807, 2.05) is 0 Å². The highest BCUT2D eigenvalue weighted by molar-refractivity contribution is 4.79. The van der Waals surface area contributed by atoms with Crippen molar-refractivity contribution in [2.24, 2.45) is 0 Å². The van der Waals surface area contributed by atoms with Gasteiger partial charge >= 0.3 is 0 Å². The van der Waals surface area contributed by atoms with Crippen LogP contribution in [0.25, 0.3) is 0 Å². The maximum absolute atomic E-state index is 8.96. The lowest BCUT2D eigenvalue weighted by molar-refractivity contribution is -0.123. The first-order chi connectivity index (χ1) is 8.54. The summed E-state index contributed by atoms with van der Waals surface area (Å²) < 4.78 is 0. The van der Waals surface area contributed by atoms with Crippen LogP contribution in [0.15, 0.2) is 0 Å². The van der Waals surface area contributed by atoms with Gasteiger partial charge in [0.25, 0.3) is 0 Å². The molecule has 1 rings (SSSR count). The standard InChI is InChI=1S/C6H14O6.C6H12/c7-1-3(9)5(11)6(12)4(10)2-8;1-2-4-6-5-3-1/h3-12H,1-2H2;1-6H2/t3-,4-,5-,6-;/m1./s1. The van der Waals surface area contributed by atoms with E-state index in [0.29, 0.717) is 0 Å². The molecule has 4 atom stereocenters. The molecular weight excluding hydrogens is 240 g/mol. The molecule has 1 fully saturated rings. The average molecular weight is 266 g/mol. The molecule has 6 nitrogen and oxygen atoms in total. The molecule has 18 heavy (non-hydrogen) atoms. The van der Waals surface area contributed by atoms with E-state index in [0.717, 1.165) is 0 Å². The zero-order chi connectivity index (χ0) is 14.0. The van der Waals surface area contributed by atoms with Gasteiger partial charge in [-0.1, -0.05) is 38.5 Å². The fourth-order valence-corrected chi connectivity index (χ4v) is 1.73. The molecule has 6 N–H and O–H groups in total. The van der Waals surface area contributed by atoms with Crippen LogP contribution in [0.2, 0.25) is 0 Å². The van der Waals surface area contributed by atoms with Gasteiger partial charge in [-0.3, -0.25) is 0 Å². The third-order valence-electron chi connectivity index (χ3n) is 3.01. The van der Waals surface area contributed by atoms with Crippen LogP contribution in [0, 0.1) is 0 Å². The summed E-state index contributed by atoms with van der Waals surface area (Å²) in [6, 6.07) is 0. The van der Waals surface area contributed by atoms with E-state index in [4.69, 9.17) is 30.6 Å². The molecule has 0 radical (unpaired) electrons. The van der Waals surface area contributed by atoms with Crippen LogP contribution in [0.5, 0.6) is 0 Å². The summed E-state index contributed by atoms with van der Waals surface area (Å²) >= 11 is 0. The Hall–Kier alpha value is -0.240. The van der Waals surface area contributed by atoms with Crippen molar-refractivity contribution in [3.63, 3.8) is 0 Å². The Morgan fingerprint density at radius 3 is 0.944 bits per heavy atom. The maximum atomic E-state index is 8.96. The molecule has 0 spiro atoms. The van der Waals surface area contributed by atoms with Gasteiger partial charge in [-0.2, -0.15) is 0 Å². The van der Waals surface area contributed by atoms with Crippen LogP contribution < -0.4 is 0 Å². The smallest absolute Gasteiger partial charge is 0.111 e. The third-order valence-corrected chi connectivity index (χ3v) is 3.01. The van der Waals surface area contributed by atoms with Crippen LogP contribution in [0.3, 0.4) is 0 Å². The average Bonchev–Trinajstić information content (AvgIpc) is 2.46. The van der Waals surface area contributed by atoms with Crippen molar-refractivity contribution in [3.05, 3.63) is 0 Å². The molecule has 0 unspecified atom stereocenters. The lowest BCUT2D eigenvalue weighted by Gasteiger charge is -2.24. The quantitative estimate of drug-likeness (QED) is 0.370. The molecule has 1 saturated carbocycles. The molecule has 1 aliphatic carbocycles. The summed E-state index contributed by atoms with van der Waals surface area (Å²) in [6.07, 6.45) is 2.61. The van der Waals surface area contributed by atoms with Crippen molar-refractivity contribution >= 4 is 0 Å². The van der Waals surface area contributed by atoms with E-state index >= 15 is 0 Å². The summed E-state index contributed by atoms with van der Waals surface area (Å²) in [6.45, 7) is -1.45. The van der Waals surface area contributed by atoms with Crippen LogP contribution in [-0.2, 0) is 0 Å². The summed E-state index contributed by atoms with van der Waals surface area (Å²) in [7, 11) is 0. The van der Waals surface area contributed by atoms with Gasteiger partial charge in [0.2, 0.25) is 0 Å². The SMILES string of the molecule is C1CCCCC1.OC[C@@H](O)[C@@H](O)[C@H](O)[C@H](O)CO. The molecule has 0 aromatic carbocycles. The van der Waals surface area contributed by atoms with E-state index in [-0.39, 0.29) is 0 Å². The van der Waals surface area contributed by atoms with Crippen LogP contribution >= 0.6 is 0 Å². The van der Waals surface area contributed by atoms with Gasteiger partial charge in [0, 0.05) is 0 Å². The first kappa shape index (κ1) is 17.8. The van der Waals surface area contributed by atoms with Crippen LogP contribution in [0.4, 0.5) is 0 Å². The first-order valence-corrected chi connectivity index (χ1v) is 6.48. The summed E-state index contributed by atoms with van der Waals surface area (Å²) in [5.74, 6) is 0. The highest BCUT2D eigenvalue weighted by atomic mass is 16.4. The molecule has 0 heterocycles. The van der Waals surface area contributed by atoms with Gasteiger partial charge in [-0.05, 0) is 0 Å². The molecule has 0 aromatic heterocycles. The topological polar surface area (TPSA) is 121 Å². The zero-order valence-corrected chi connectivity index (χ0v) is 10.6. The molecule has 0 aliphatic heterocycles. The predicted octanol–water partition coefficient (Wildman–Crippen LogP) is -1.24. The zero-order valence-electron chi connectivity index (χ0n) is 10.6. The van der Waals surface area contributed by atoms with Gasteiger partial charge in [-0.15, -0.1) is 0 Å². The molecule has 0 bridgehead atoms. The summed E-state index contributed by atoms with van der Waals surface area (Å²) in [4.78, 5) is 0. The minimum absolute atomic E-state index is 0.726. The van der Waals surface area contributed by atoms with Gasteiger partial charge < -0.3 is 30.6 Å². The molecule has 1 aliphatic rings. The molecule has 6 heteroatoms. The lowest BCUT2D eigenvalue weighted by atomic mass is 10.0. The summed E-state index contributed by atoms with van der Waals surface area (Å²) in [5, 5.41) is 52.2. The van der Waals surface area contributed by atoms with Crippen molar-refractivity contribution in [2.75, 3.05) is 13.2 Å². The second-order valence-electron chi connectivity index (χ2n) is 4.60. The Balaban J connectivity index is 0.000000397. The normalized spacial score (nSPS) is 22.3. The van der Waals surface area contributed by atoms with Crippen molar-refractivity contribution in [1.82, 2.24) is 0 Å². The van der Waals surface area contributed by atoms with Crippen molar-refractivity contribution < 1.29 is 30.6 Å². The van der Waals surface area contributed by atoms with E-state index < -0.39 is 37.6 Å².